The number of amides is 1. The molecular weight excluding hydrogens is 252 g/mol. The van der Waals surface area contributed by atoms with Gasteiger partial charge in [0, 0.05) is 30.9 Å². The summed E-state index contributed by atoms with van der Waals surface area (Å²) in [5, 5.41) is 12.4. The van der Waals surface area contributed by atoms with Gasteiger partial charge in [-0.15, -0.1) is 0 Å². The number of nitrogens with zero attached hydrogens (tertiary/aromatic N) is 1. The number of hydrogen-bond acceptors (Lipinski definition) is 3. The Morgan fingerprint density at radius 1 is 1.20 bits per heavy atom. The molecule has 0 aliphatic heterocycles. The monoisotopic (exact) mass is 278 g/mol. The van der Waals surface area contributed by atoms with Gasteiger partial charge in [0.05, 0.1) is 6.10 Å². The minimum Gasteiger partial charge on any atom is -0.391 e. The van der Waals surface area contributed by atoms with Crippen LogP contribution in [-0.2, 0) is 0 Å². The number of benzene rings is 1. The second kappa shape index (κ2) is 7.90. The first-order valence-corrected chi connectivity index (χ1v) is 7.30. The van der Waals surface area contributed by atoms with E-state index in [2.05, 4.69) is 24.1 Å². The third-order valence-electron chi connectivity index (χ3n) is 3.50. The molecule has 2 N–H and O–H groups in total. The van der Waals surface area contributed by atoms with Gasteiger partial charge in [0.15, 0.2) is 0 Å². The molecule has 20 heavy (non-hydrogen) atoms. The first-order valence-electron chi connectivity index (χ1n) is 7.30. The summed E-state index contributed by atoms with van der Waals surface area (Å²) in [6.07, 6.45) is -0.506. The van der Waals surface area contributed by atoms with Gasteiger partial charge < -0.3 is 15.3 Å². The van der Waals surface area contributed by atoms with E-state index in [-0.39, 0.29) is 18.4 Å². The first kappa shape index (κ1) is 16.5. The van der Waals surface area contributed by atoms with E-state index >= 15 is 0 Å². The number of carbonyl (C=O) groups is 1. The maximum atomic E-state index is 12.0. The van der Waals surface area contributed by atoms with Crippen molar-refractivity contribution in [2.75, 3.05) is 24.5 Å². The Labute approximate surface area is 121 Å². The van der Waals surface area contributed by atoms with Gasteiger partial charge in [-0.25, -0.2) is 0 Å². The highest BCUT2D eigenvalue weighted by molar-refractivity contribution is 5.94. The highest BCUT2D eigenvalue weighted by Crippen LogP contribution is 2.14. The van der Waals surface area contributed by atoms with Gasteiger partial charge in [-0.1, -0.05) is 13.8 Å². The van der Waals surface area contributed by atoms with Gasteiger partial charge in [0.2, 0.25) is 0 Å². The van der Waals surface area contributed by atoms with E-state index in [1.165, 1.54) is 0 Å². The van der Waals surface area contributed by atoms with Crippen molar-refractivity contribution in [1.82, 2.24) is 5.32 Å². The lowest BCUT2D eigenvalue weighted by Crippen LogP contribution is -2.34. The summed E-state index contributed by atoms with van der Waals surface area (Å²) in [6, 6.07) is 7.57. The zero-order valence-corrected chi connectivity index (χ0v) is 12.9. The van der Waals surface area contributed by atoms with Crippen LogP contribution >= 0.6 is 0 Å². The molecule has 0 fully saturated rings. The summed E-state index contributed by atoms with van der Waals surface area (Å²) < 4.78 is 0. The van der Waals surface area contributed by atoms with Crippen LogP contribution in [0.1, 0.15) is 38.1 Å². The predicted octanol–water partition coefficient (Wildman–Crippen LogP) is 2.28. The van der Waals surface area contributed by atoms with Crippen LogP contribution in [0.5, 0.6) is 0 Å². The fraction of sp³-hybridized carbons (Fsp3) is 0.562. The Bertz CT molecular complexity index is 411. The molecule has 1 aromatic carbocycles. The van der Waals surface area contributed by atoms with E-state index in [9.17, 15) is 9.90 Å². The lowest BCUT2D eigenvalue weighted by atomic mass is 10.1. The van der Waals surface area contributed by atoms with Crippen molar-refractivity contribution in [1.29, 1.82) is 0 Å². The second-order valence-electron chi connectivity index (χ2n) is 5.24. The average molecular weight is 278 g/mol. The van der Waals surface area contributed by atoms with Crippen molar-refractivity contribution in [3.05, 3.63) is 29.8 Å². The Kier molecular flexibility index (Phi) is 6.52. The average Bonchev–Trinajstić information content (AvgIpc) is 2.46. The fourth-order valence-corrected chi connectivity index (χ4v) is 1.95. The van der Waals surface area contributed by atoms with Crippen LogP contribution in [0.15, 0.2) is 24.3 Å². The standard InChI is InChI=1S/C16H26N2O2/c1-5-18(6-2)14-9-7-13(8-10-14)16(20)17-11-15(19)12(3)4/h7-10,12,15,19H,5-6,11H2,1-4H3,(H,17,20). The van der Waals surface area contributed by atoms with E-state index in [4.69, 9.17) is 0 Å². The molecule has 1 atom stereocenters. The summed E-state index contributed by atoms with van der Waals surface area (Å²) in [5.74, 6) is -0.00357. The first-order chi connectivity index (χ1) is 9.49. The highest BCUT2D eigenvalue weighted by atomic mass is 16.3. The molecule has 0 aromatic heterocycles. The van der Waals surface area contributed by atoms with Crippen LogP contribution in [0.3, 0.4) is 0 Å². The number of anilines is 1. The van der Waals surface area contributed by atoms with Crippen molar-refractivity contribution >= 4 is 11.6 Å². The van der Waals surface area contributed by atoms with Crippen LogP contribution in [0.25, 0.3) is 0 Å². The molecule has 112 valence electrons. The molecule has 4 heteroatoms. The molecule has 4 nitrogen and oxygen atoms in total. The molecule has 0 bridgehead atoms. The minimum atomic E-state index is -0.506. The number of rotatable bonds is 7. The quantitative estimate of drug-likeness (QED) is 0.804. The van der Waals surface area contributed by atoms with Gasteiger partial charge in [0.1, 0.15) is 0 Å². The number of aliphatic hydroxyl groups is 1. The Morgan fingerprint density at radius 3 is 2.20 bits per heavy atom. The number of aliphatic hydroxyl groups excluding tert-OH is 1. The minimum absolute atomic E-state index is 0.139. The molecule has 1 aromatic rings. The van der Waals surface area contributed by atoms with E-state index in [1.807, 2.05) is 38.1 Å². The van der Waals surface area contributed by atoms with Gasteiger partial charge in [-0.05, 0) is 44.0 Å². The smallest absolute Gasteiger partial charge is 0.251 e. The topological polar surface area (TPSA) is 52.6 Å². The summed E-state index contributed by atoms with van der Waals surface area (Å²) in [4.78, 5) is 14.2. The zero-order valence-electron chi connectivity index (χ0n) is 12.9. The molecule has 1 amide bonds. The molecule has 1 unspecified atom stereocenters. The third kappa shape index (κ3) is 4.53. The normalized spacial score (nSPS) is 12.3. The number of hydrogen-bond donors (Lipinski definition) is 2. The summed E-state index contributed by atoms with van der Waals surface area (Å²) >= 11 is 0. The van der Waals surface area contributed by atoms with E-state index in [0.717, 1.165) is 18.8 Å². The molecule has 1 rings (SSSR count). The summed E-state index contributed by atoms with van der Waals surface area (Å²) in [6.45, 7) is 10.2. The molecule has 0 spiro atoms. The van der Waals surface area contributed by atoms with Crippen molar-refractivity contribution in [3.63, 3.8) is 0 Å². The predicted molar refractivity (Wildman–Crippen MR) is 83.2 cm³/mol. The fourth-order valence-electron chi connectivity index (χ4n) is 1.95. The highest BCUT2D eigenvalue weighted by Gasteiger charge is 2.12. The Hall–Kier alpha value is -1.55. The largest absolute Gasteiger partial charge is 0.391 e. The van der Waals surface area contributed by atoms with Crippen LogP contribution < -0.4 is 10.2 Å². The van der Waals surface area contributed by atoms with Crippen LogP contribution in [-0.4, -0.2) is 36.8 Å². The third-order valence-corrected chi connectivity index (χ3v) is 3.50. The van der Waals surface area contributed by atoms with Gasteiger partial charge >= 0.3 is 0 Å². The van der Waals surface area contributed by atoms with Gasteiger partial charge in [-0.3, -0.25) is 4.79 Å². The molecule has 0 aliphatic carbocycles. The van der Waals surface area contributed by atoms with Crippen LogP contribution in [0, 0.1) is 5.92 Å². The number of nitrogens with one attached hydrogen (secondary N) is 1. The lowest BCUT2D eigenvalue weighted by Gasteiger charge is -2.21. The molecule has 0 saturated carbocycles. The maximum Gasteiger partial charge on any atom is 0.251 e. The van der Waals surface area contributed by atoms with E-state index in [0.29, 0.717) is 5.56 Å². The summed E-state index contributed by atoms with van der Waals surface area (Å²) in [5.41, 5.74) is 1.74. The van der Waals surface area contributed by atoms with Gasteiger partial charge in [-0.2, -0.15) is 0 Å². The van der Waals surface area contributed by atoms with E-state index < -0.39 is 6.10 Å². The Balaban J connectivity index is 2.62. The van der Waals surface area contributed by atoms with Crippen LogP contribution in [0.4, 0.5) is 5.69 Å². The van der Waals surface area contributed by atoms with Crippen molar-refractivity contribution in [2.45, 2.75) is 33.8 Å². The lowest BCUT2D eigenvalue weighted by molar-refractivity contribution is 0.0871. The molecule has 0 heterocycles. The van der Waals surface area contributed by atoms with E-state index in [1.54, 1.807) is 0 Å². The van der Waals surface area contributed by atoms with Crippen LogP contribution in [0.2, 0.25) is 0 Å². The molecule has 0 saturated heterocycles. The SMILES string of the molecule is CCN(CC)c1ccc(C(=O)NCC(O)C(C)C)cc1. The second-order valence-corrected chi connectivity index (χ2v) is 5.24. The Morgan fingerprint density at radius 2 is 1.75 bits per heavy atom. The number of carbonyl (C=O) groups excluding carboxylic acids is 1. The molecular formula is C16H26N2O2. The van der Waals surface area contributed by atoms with Crippen molar-refractivity contribution < 1.29 is 9.90 Å². The summed E-state index contributed by atoms with van der Waals surface area (Å²) in [7, 11) is 0. The van der Waals surface area contributed by atoms with Gasteiger partial charge in [0.25, 0.3) is 5.91 Å². The van der Waals surface area contributed by atoms with Crippen molar-refractivity contribution in [2.24, 2.45) is 5.92 Å². The molecule has 0 radical (unpaired) electrons. The zero-order chi connectivity index (χ0) is 15.1. The van der Waals surface area contributed by atoms with Crippen molar-refractivity contribution in [3.8, 4) is 0 Å². The molecule has 0 aliphatic rings. The maximum absolute atomic E-state index is 12.0.